The van der Waals surface area contributed by atoms with E-state index in [1.165, 1.54) is 18.4 Å². The van der Waals surface area contributed by atoms with Gasteiger partial charge in [0.25, 0.3) is 0 Å². The summed E-state index contributed by atoms with van der Waals surface area (Å²) in [7, 11) is 0. The monoisotopic (exact) mass is 242 g/mol. The largest absolute Gasteiger partial charge is 0.273 e. The first-order valence-corrected chi connectivity index (χ1v) is 6.64. The van der Waals surface area contributed by atoms with Crippen molar-refractivity contribution in [1.29, 1.82) is 0 Å². The Bertz CT molecular complexity index is 477. The molecule has 2 saturated carbocycles. The van der Waals surface area contributed by atoms with Gasteiger partial charge in [-0.3, -0.25) is 4.79 Å². The second kappa shape index (κ2) is 4.56. The number of nitrogens with one attached hydrogen (secondary N) is 1. The number of rotatable bonds is 4. The van der Waals surface area contributed by atoms with Gasteiger partial charge in [0.1, 0.15) is 0 Å². The molecule has 1 aromatic carbocycles. The van der Waals surface area contributed by atoms with Crippen molar-refractivity contribution in [3.8, 4) is 0 Å². The molecular weight excluding hydrogens is 224 g/mol. The van der Waals surface area contributed by atoms with Crippen molar-refractivity contribution >= 4 is 11.6 Å². The molecule has 94 valence electrons. The quantitative estimate of drug-likeness (QED) is 0.640. The molecule has 2 aliphatic carbocycles. The lowest BCUT2D eigenvalue weighted by molar-refractivity contribution is -0.122. The maximum Gasteiger partial charge on any atom is 0.243 e. The molecule has 0 radical (unpaired) electrons. The fourth-order valence-corrected chi connectivity index (χ4v) is 2.37. The maximum atomic E-state index is 11.9. The van der Waals surface area contributed by atoms with Crippen LogP contribution in [0.1, 0.15) is 37.7 Å². The van der Waals surface area contributed by atoms with Gasteiger partial charge in [0.15, 0.2) is 0 Å². The highest BCUT2D eigenvalue weighted by molar-refractivity contribution is 5.89. The predicted molar refractivity (Wildman–Crippen MR) is 71.3 cm³/mol. The molecule has 2 aliphatic rings. The van der Waals surface area contributed by atoms with E-state index < -0.39 is 0 Å². The first-order chi connectivity index (χ1) is 8.75. The summed E-state index contributed by atoms with van der Waals surface area (Å²) >= 11 is 0. The van der Waals surface area contributed by atoms with E-state index in [2.05, 4.69) is 22.7 Å². The zero-order valence-corrected chi connectivity index (χ0v) is 10.6. The molecule has 1 aromatic rings. The minimum Gasteiger partial charge on any atom is -0.273 e. The Labute approximate surface area is 107 Å². The third-order valence-corrected chi connectivity index (χ3v) is 3.87. The minimum atomic E-state index is 0.0730. The summed E-state index contributed by atoms with van der Waals surface area (Å²) in [4.78, 5) is 11.9. The van der Waals surface area contributed by atoms with E-state index in [-0.39, 0.29) is 11.8 Å². The van der Waals surface area contributed by atoms with E-state index in [0.717, 1.165) is 12.1 Å². The summed E-state index contributed by atoms with van der Waals surface area (Å²) in [5.74, 6) is 1.20. The molecule has 1 N–H and O–H groups in total. The van der Waals surface area contributed by atoms with Crippen molar-refractivity contribution in [3.05, 3.63) is 35.9 Å². The number of benzene rings is 1. The standard InChI is InChI=1S/C15H18N2O/c1-10(11-7-8-11)16-17-15(18)14-9-13(14)12-5-3-2-4-6-12/h2-6,11,13-14H,7-9H2,1H3,(H,17,18)/b16-10-/t13-,14+/m1/s1. The number of nitrogens with zero attached hydrogens (tertiary/aromatic N) is 1. The van der Waals surface area contributed by atoms with Gasteiger partial charge in [0.2, 0.25) is 5.91 Å². The number of amides is 1. The summed E-state index contributed by atoms with van der Waals surface area (Å²) < 4.78 is 0. The van der Waals surface area contributed by atoms with Crippen LogP contribution in [-0.2, 0) is 4.79 Å². The molecule has 2 fully saturated rings. The van der Waals surface area contributed by atoms with Crippen LogP contribution >= 0.6 is 0 Å². The van der Waals surface area contributed by atoms with Gasteiger partial charge in [-0.05, 0) is 43.6 Å². The van der Waals surface area contributed by atoms with Crippen LogP contribution in [0.3, 0.4) is 0 Å². The van der Waals surface area contributed by atoms with Gasteiger partial charge in [-0.1, -0.05) is 30.3 Å². The highest BCUT2D eigenvalue weighted by Crippen LogP contribution is 2.47. The molecule has 18 heavy (non-hydrogen) atoms. The molecule has 0 saturated heterocycles. The molecule has 3 rings (SSSR count). The van der Waals surface area contributed by atoms with E-state index in [9.17, 15) is 4.79 Å². The second-order valence-electron chi connectivity index (χ2n) is 5.36. The van der Waals surface area contributed by atoms with E-state index in [0.29, 0.717) is 11.8 Å². The molecule has 0 unspecified atom stereocenters. The molecule has 1 amide bonds. The lowest BCUT2D eigenvalue weighted by Crippen LogP contribution is -2.21. The molecule has 0 aromatic heterocycles. The Balaban J connectivity index is 1.54. The Morgan fingerprint density at radius 3 is 2.67 bits per heavy atom. The van der Waals surface area contributed by atoms with Gasteiger partial charge in [-0.15, -0.1) is 0 Å². The Morgan fingerprint density at radius 2 is 2.00 bits per heavy atom. The molecule has 3 nitrogen and oxygen atoms in total. The third-order valence-electron chi connectivity index (χ3n) is 3.87. The van der Waals surface area contributed by atoms with E-state index >= 15 is 0 Å². The van der Waals surface area contributed by atoms with Gasteiger partial charge < -0.3 is 0 Å². The third kappa shape index (κ3) is 2.45. The van der Waals surface area contributed by atoms with Crippen LogP contribution in [0.4, 0.5) is 0 Å². The molecule has 2 atom stereocenters. The van der Waals surface area contributed by atoms with E-state index in [1.807, 2.05) is 25.1 Å². The Kier molecular flexibility index (Phi) is 2.90. The van der Waals surface area contributed by atoms with Gasteiger partial charge in [-0.2, -0.15) is 5.10 Å². The Morgan fingerprint density at radius 1 is 1.28 bits per heavy atom. The highest BCUT2D eigenvalue weighted by atomic mass is 16.2. The van der Waals surface area contributed by atoms with Crippen LogP contribution in [0.15, 0.2) is 35.4 Å². The second-order valence-corrected chi connectivity index (χ2v) is 5.36. The van der Waals surface area contributed by atoms with Gasteiger partial charge in [0.05, 0.1) is 0 Å². The summed E-state index contributed by atoms with van der Waals surface area (Å²) in [6, 6.07) is 10.2. The van der Waals surface area contributed by atoms with Crippen LogP contribution in [0.25, 0.3) is 0 Å². The minimum absolute atomic E-state index is 0.0730. The lowest BCUT2D eigenvalue weighted by atomic mass is 10.1. The number of carbonyl (C=O) groups is 1. The van der Waals surface area contributed by atoms with Crippen molar-refractivity contribution in [1.82, 2.24) is 5.43 Å². The highest BCUT2D eigenvalue weighted by Gasteiger charge is 2.43. The normalized spacial score (nSPS) is 26.8. The lowest BCUT2D eigenvalue weighted by Gasteiger charge is -2.01. The summed E-state index contributed by atoms with van der Waals surface area (Å²) in [6.45, 7) is 2.00. The number of hydrogen-bond donors (Lipinski definition) is 1. The van der Waals surface area contributed by atoms with Gasteiger partial charge in [0, 0.05) is 11.6 Å². The average molecular weight is 242 g/mol. The summed E-state index contributed by atoms with van der Waals surface area (Å²) in [6.07, 6.45) is 3.40. The van der Waals surface area contributed by atoms with Gasteiger partial charge in [-0.25, -0.2) is 5.43 Å². The maximum absolute atomic E-state index is 11.9. The van der Waals surface area contributed by atoms with Crippen molar-refractivity contribution in [2.75, 3.05) is 0 Å². The predicted octanol–water partition coefficient (Wildman–Crippen LogP) is 2.69. The zero-order chi connectivity index (χ0) is 12.5. The fourth-order valence-electron chi connectivity index (χ4n) is 2.37. The van der Waals surface area contributed by atoms with Crippen LogP contribution < -0.4 is 5.43 Å². The molecule has 3 heteroatoms. The van der Waals surface area contributed by atoms with Crippen molar-refractivity contribution in [2.24, 2.45) is 16.9 Å². The SMILES string of the molecule is C/C(=N/NC(=O)[C@H]1C[C@@H]1c1ccccc1)C1CC1. The molecule has 0 aliphatic heterocycles. The first kappa shape index (κ1) is 11.5. The van der Waals surface area contributed by atoms with Gasteiger partial charge >= 0.3 is 0 Å². The van der Waals surface area contributed by atoms with E-state index in [1.54, 1.807) is 0 Å². The van der Waals surface area contributed by atoms with Crippen LogP contribution in [0.5, 0.6) is 0 Å². The number of hydrogen-bond acceptors (Lipinski definition) is 2. The average Bonchev–Trinajstić information content (AvgIpc) is 3.29. The smallest absolute Gasteiger partial charge is 0.243 e. The van der Waals surface area contributed by atoms with Crippen LogP contribution in [-0.4, -0.2) is 11.6 Å². The molecule has 0 bridgehead atoms. The molecule has 0 heterocycles. The van der Waals surface area contributed by atoms with E-state index in [4.69, 9.17) is 0 Å². The van der Waals surface area contributed by atoms with Crippen molar-refractivity contribution in [3.63, 3.8) is 0 Å². The van der Waals surface area contributed by atoms with Crippen molar-refractivity contribution in [2.45, 2.75) is 32.1 Å². The molecule has 0 spiro atoms. The number of carbonyl (C=O) groups excluding carboxylic acids is 1. The fraction of sp³-hybridized carbons (Fsp3) is 0.467. The summed E-state index contributed by atoms with van der Waals surface area (Å²) in [5, 5.41) is 4.19. The first-order valence-electron chi connectivity index (χ1n) is 6.64. The van der Waals surface area contributed by atoms with Crippen molar-refractivity contribution < 1.29 is 4.79 Å². The Hall–Kier alpha value is -1.64. The molecular formula is C15H18N2O. The number of hydrazone groups is 1. The zero-order valence-electron chi connectivity index (χ0n) is 10.6. The topological polar surface area (TPSA) is 41.5 Å². The van der Waals surface area contributed by atoms with Crippen LogP contribution in [0.2, 0.25) is 0 Å². The van der Waals surface area contributed by atoms with Crippen LogP contribution in [0, 0.1) is 11.8 Å². The summed E-state index contributed by atoms with van der Waals surface area (Å²) in [5.41, 5.74) is 5.05.